The van der Waals surface area contributed by atoms with Gasteiger partial charge in [0.15, 0.2) is 0 Å². The normalized spacial score (nSPS) is 29.5. The van der Waals surface area contributed by atoms with Crippen LogP contribution < -0.4 is 0 Å². The van der Waals surface area contributed by atoms with Crippen molar-refractivity contribution < 1.29 is 4.74 Å². The molecular formula is C11H23NO. The third-order valence-electron chi connectivity index (χ3n) is 3.35. The van der Waals surface area contributed by atoms with Gasteiger partial charge in [0.05, 0.1) is 6.73 Å². The van der Waals surface area contributed by atoms with Gasteiger partial charge < -0.3 is 4.74 Å². The van der Waals surface area contributed by atoms with Crippen LogP contribution in [-0.4, -0.2) is 31.8 Å². The van der Waals surface area contributed by atoms with E-state index in [2.05, 4.69) is 18.9 Å². The second-order valence-electron chi connectivity index (χ2n) is 4.26. The maximum Gasteiger partial charge on any atom is 0.0986 e. The minimum atomic E-state index is 0.766. The van der Waals surface area contributed by atoms with E-state index in [0.717, 1.165) is 18.7 Å². The molecule has 78 valence electrons. The van der Waals surface area contributed by atoms with E-state index in [1.165, 1.54) is 32.1 Å². The lowest BCUT2D eigenvalue weighted by Gasteiger charge is -2.33. The summed E-state index contributed by atoms with van der Waals surface area (Å²) in [6.07, 6.45) is 6.90. The van der Waals surface area contributed by atoms with Crippen LogP contribution in [0.5, 0.6) is 0 Å². The fourth-order valence-electron chi connectivity index (χ4n) is 2.30. The Morgan fingerprint density at radius 2 is 1.85 bits per heavy atom. The van der Waals surface area contributed by atoms with E-state index in [9.17, 15) is 0 Å². The van der Waals surface area contributed by atoms with E-state index >= 15 is 0 Å². The monoisotopic (exact) mass is 185 g/mol. The second-order valence-corrected chi connectivity index (χ2v) is 4.26. The van der Waals surface area contributed by atoms with Crippen molar-refractivity contribution in [1.82, 2.24) is 4.90 Å². The van der Waals surface area contributed by atoms with E-state index in [0.29, 0.717) is 0 Å². The Morgan fingerprint density at radius 1 is 1.23 bits per heavy atom. The van der Waals surface area contributed by atoms with Gasteiger partial charge in [0.2, 0.25) is 0 Å². The van der Waals surface area contributed by atoms with Crippen molar-refractivity contribution in [2.75, 3.05) is 20.9 Å². The molecule has 0 N–H and O–H groups in total. The summed E-state index contributed by atoms with van der Waals surface area (Å²) in [5, 5.41) is 0. The highest BCUT2D eigenvalue weighted by Crippen LogP contribution is 2.28. The van der Waals surface area contributed by atoms with Crippen molar-refractivity contribution in [2.24, 2.45) is 5.92 Å². The van der Waals surface area contributed by atoms with Gasteiger partial charge in [-0.3, -0.25) is 4.90 Å². The predicted octanol–water partition coefficient (Wildman–Crippen LogP) is 2.49. The average molecular weight is 185 g/mol. The predicted molar refractivity (Wildman–Crippen MR) is 55.7 cm³/mol. The van der Waals surface area contributed by atoms with Crippen LogP contribution >= 0.6 is 0 Å². The SMILES string of the molecule is CCC1CCC(N(C)COC)CC1. The van der Waals surface area contributed by atoms with Crippen LogP contribution in [0.2, 0.25) is 0 Å². The topological polar surface area (TPSA) is 12.5 Å². The van der Waals surface area contributed by atoms with Crippen LogP contribution in [0.25, 0.3) is 0 Å². The van der Waals surface area contributed by atoms with Crippen molar-refractivity contribution in [3.8, 4) is 0 Å². The molecule has 0 aromatic rings. The second kappa shape index (κ2) is 5.61. The first-order chi connectivity index (χ1) is 6.27. The first-order valence-electron chi connectivity index (χ1n) is 5.47. The zero-order chi connectivity index (χ0) is 9.68. The number of hydrogen-bond donors (Lipinski definition) is 0. The van der Waals surface area contributed by atoms with Crippen LogP contribution in [0.4, 0.5) is 0 Å². The number of hydrogen-bond acceptors (Lipinski definition) is 2. The summed E-state index contributed by atoms with van der Waals surface area (Å²) < 4.78 is 5.14. The van der Waals surface area contributed by atoms with Crippen LogP contribution in [-0.2, 0) is 4.74 Å². The minimum Gasteiger partial charge on any atom is -0.369 e. The molecule has 1 fully saturated rings. The van der Waals surface area contributed by atoms with Crippen molar-refractivity contribution in [2.45, 2.75) is 45.1 Å². The summed E-state index contributed by atoms with van der Waals surface area (Å²) in [4.78, 5) is 2.34. The summed E-state index contributed by atoms with van der Waals surface area (Å²) >= 11 is 0. The molecule has 0 heterocycles. The van der Waals surface area contributed by atoms with E-state index in [1.54, 1.807) is 7.11 Å². The molecular weight excluding hydrogens is 162 g/mol. The van der Waals surface area contributed by atoms with E-state index < -0.39 is 0 Å². The van der Waals surface area contributed by atoms with Gasteiger partial charge in [-0.15, -0.1) is 0 Å². The van der Waals surface area contributed by atoms with Gasteiger partial charge >= 0.3 is 0 Å². The molecule has 0 bridgehead atoms. The molecule has 0 aliphatic heterocycles. The third-order valence-corrected chi connectivity index (χ3v) is 3.35. The van der Waals surface area contributed by atoms with Gasteiger partial charge in [-0.25, -0.2) is 0 Å². The molecule has 0 aromatic carbocycles. The molecule has 2 nitrogen and oxygen atoms in total. The van der Waals surface area contributed by atoms with Crippen molar-refractivity contribution in [1.29, 1.82) is 0 Å². The summed E-state index contributed by atoms with van der Waals surface area (Å²) in [5.41, 5.74) is 0. The molecule has 0 atom stereocenters. The molecule has 0 amide bonds. The van der Waals surface area contributed by atoms with E-state index in [4.69, 9.17) is 4.74 Å². The molecule has 0 unspecified atom stereocenters. The number of methoxy groups -OCH3 is 1. The van der Waals surface area contributed by atoms with Gasteiger partial charge in [-0.2, -0.15) is 0 Å². The zero-order valence-corrected chi connectivity index (χ0v) is 9.25. The molecule has 0 spiro atoms. The Kier molecular flexibility index (Phi) is 4.74. The van der Waals surface area contributed by atoms with Crippen molar-refractivity contribution >= 4 is 0 Å². The highest BCUT2D eigenvalue weighted by Gasteiger charge is 2.22. The zero-order valence-electron chi connectivity index (χ0n) is 9.25. The number of nitrogens with zero attached hydrogens (tertiary/aromatic N) is 1. The van der Waals surface area contributed by atoms with Crippen LogP contribution in [0.1, 0.15) is 39.0 Å². The lowest BCUT2D eigenvalue weighted by atomic mass is 9.84. The lowest BCUT2D eigenvalue weighted by molar-refractivity contribution is 0.0354. The largest absolute Gasteiger partial charge is 0.369 e. The fourth-order valence-corrected chi connectivity index (χ4v) is 2.30. The number of rotatable bonds is 4. The number of ether oxygens (including phenoxy) is 1. The Bertz CT molecular complexity index is 130. The molecule has 1 rings (SSSR count). The van der Waals surface area contributed by atoms with Crippen LogP contribution in [0, 0.1) is 5.92 Å². The summed E-state index contributed by atoms with van der Waals surface area (Å²) in [7, 11) is 3.94. The Hall–Kier alpha value is -0.0800. The first kappa shape index (κ1) is 11.0. The molecule has 1 aliphatic carbocycles. The molecule has 2 heteroatoms. The minimum absolute atomic E-state index is 0.766. The van der Waals surface area contributed by atoms with Crippen LogP contribution in [0.3, 0.4) is 0 Å². The van der Waals surface area contributed by atoms with Gasteiger partial charge in [0.1, 0.15) is 0 Å². The van der Waals surface area contributed by atoms with Crippen molar-refractivity contribution in [3.63, 3.8) is 0 Å². The third kappa shape index (κ3) is 3.28. The maximum atomic E-state index is 5.14. The van der Waals surface area contributed by atoms with Gasteiger partial charge in [-0.1, -0.05) is 13.3 Å². The maximum absolute atomic E-state index is 5.14. The molecule has 13 heavy (non-hydrogen) atoms. The Labute approximate surface area is 82.3 Å². The van der Waals surface area contributed by atoms with Gasteiger partial charge in [0.25, 0.3) is 0 Å². The summed E-state index contributed by atoms with van der Waals surface area (Å²) in [5.74, 6) is 0.993. The van der Waals surface area contributed by atoms with Crippen LogP contribution in [0.15, 0.2) is 0 Å². The summed E-state index contributed by atoms with van der Waals surface area (Å²) in [6.45, 7) is 3.09. The Morgan fingerprint density at radius 3 is 2.31 bits per heavy atom. The molecule has 0 saturated heterocycles. The highest BCUT2D eigenvalue weighted by molar-refractivity contribution is 4.76. The quantitative estimate of drug-likeness (QED) is 0.624. The molecule has 0 aromatic heterocycles. The standard InChI is InChI=1S/C11H23NO/c1-4-10-5-7-11(8-6-10)12(2)9-13-3/h10-11H,4-9H2,1-3H3. The smallest absolute Gasteiger partial charge is 0.0986 e. The fraction of sp³-hybridized carbons (Fsp3) is 1.00. The first-order valence-corrected chi connectivity index (χ1v) is 5.47. The van der Waals surface area contributed by atoms with Gasteiger partial charge in [-0.05, 0) is 38.6 Å². The molecule has 1 aliphatic rings. The lowest BCUT2D eigenvalue weighted by Crippen LogP contribution is -2.36. The van der Waals surface area contributed by atoms with E-state index in [1.807, 2.05) is 0 Å². The summed E-state index contributed by atoms with van der Waals surface area (Å²) in [6, 6.07) is 0.766. The Balaban J connectivity index is 2.23. The molecule has 0 radical (unpaired) electrons. The highest BCUT2D eigenvalue weighted by atomic mass is 16.5. The molecule has 1 saturated carbocycles. The van der Waals surface area contributed by atoms with E-state index in [-0.39, 0.29) is 0 Å². The van der Waals surface area contributed by atoms with Gasteiger partial charge in [0, 0.05) is 13.2 Å². The average Bonchev–Trinajstić information content (AvgIpc) is 2.18. The van der Waals surface area contributed by atoms with Crippen molar-refractivity contribution in [3.05, 3.63) is 0 Å².